The predicted octanol–water partition coefficient (Wildman–Crippen LogP) is 5.54. The maximum atomic E-state index is 14.3. The third kappa shape index (κ3) is 3.33. The number of hydrogen-bond acceptors (Lipinski definition) is 4. The summed E-state index contributed by atoms with van der Waals surface area (Å²) in [5.41, 5.74) is -2.47. The Labute approximate surface area is 186 Å². The van der Waals surface area contributed by atoms with Gasteiger partial charge in [0.2, 0.25) is 0 Å². The number of fused-ring (bicyclic) bond motifs is 2. The maximum absolute atomic E-state index is 14.3. The number of phenols is 1. The van der Waals surface area contributed by atoms with E-state index in [4.69, 9.17) is 11.6 Å². The average molecular weight is 467 g/mol. The minimum Gasteiger partial charge on any atom is -0.507 e. The van der Waals surface area contributed by atoms with E-state index in [9.17, 15) is 28.2 Å². The van der Waals surface area contributed by atoms with Gasteiger partial charge in [-0.25, -0.2) is 0 Å². The Balaban J connectivity index is 1.98. The summed E-state index contributed by atoms with van der Waals surface area (Å²) >= 11 is 6.24. The summed E-state index contributed by atoms with van der Waals surface area (Å²) in [6, 6.07) is 5.94. The zero-order valence-electron chi connectivity index (χ0n) is 17.3. The normalized spacial score (nSPS) is 23.2. The first-order valence-corrected chi connectivity index (χ1v) is 10.5. The molecule has 4 rings (SSSR count). The Hall–Kier alpha value is -2.71. The molecule has 0 radical (unpaired) electrons. The first kappa shape index (κ1) is 22.5. The van der Waals surface area contributed by atoms with Crippen molar-refractivity contribution in [3.05, 3.63) is 68.6 Å². The molecule has 3 atom stereocenters. The molecular weight excluding hydrogens is 445 g/mol. The number of alkyl halides is 3. The van der Waals surface area contributed by atoms with E-state index >= 15 is 0 Å². The highest BCUT2D eigenvalue weighted by molar-refractivity contribution is 6.31. The lowest BCUT2D eigenvalue weighted by Gasteiger charge is -2.46. The van der Waals surface area contributed by atoms with Crippen LogP contribution in [0.2, 0.25) is 5.02 Å². The number of rotatable bonds is 3. The van der Waals surface area contributed by atoms with Crippen molar-refractivity contribution in [2.24, 2.45) is 0 Å². The van der Waals surface area contributed by atoms with Crippen LogP contribution in [-0.4, -0.2) is 27.0 Å². The third-order valence-electron chi connectivity index (χ3n) is 6.41. The fourth-order valence-corrected chi connectivity index (χ4v) is 4.83. The second kappa shape index (κ2) is 7.71. The zero-order valence-corrected chi connectivity index (χ0v) is 18.1. The van der Waals surface area contributed by atoms with E-state index in [1.807, 2.05) is 0 Å². The van der Waals surface area contributed by atoms with Gasteiger partial charge in [-0.05, 0) is 55.5 Å². The number of aromatic nitrogens is 1. The molecule has 0 spiro atoms. The van der Waals surface area contributed by atoms with Gasteiger partial charge in [0, 0.05) is 38.8 Å². The van der Waals surface area contributed by atoms with Gasteiger partial charge >= 0.3 is 6.18 Å². The van der Waals surface area contributed by atoms with Crippen molar-refractivity contribution in [1.29, 1.82) is 0 Å². The number of benzene rings is 2. The SMILES string of the molecule is CCC1C[C@](O)(C(F)(F)F)C(Nc2cccc3c(=O)[nH]ccc23)c2cc(Cl)c(C)c(O)c21. The van der Waals surface area contributed by atoms with Crippen molar-refractivity contribution in [2.75, 3.05) is 5.32 Å². The van der Waals surface area contributed by atoms with Gasteiger partial charge in [-0.1, -0.05) is 24.6 Å². The number of anilines is 1. The minimum absolute atomic E-state index is 0.0814. The average Bonchev–Trinajstić information content (AvgIpc) is 2.73. The molecular formula is C23H22ClF3N2O3. The lowest BCUT2D eigenvalue weighted by molar-refractivity contribution is -0.272. The van der Waals surface area contributed by atoms with Crippen LogP contribution in [0.25, 0.3) is 10.8 Å². The fraction of sp³-hybridized carbons (Fsp3) is 0.348. The number of aromatic amines is 1. The van der Waals surface area contributed by atoms with E-state index in [0.717, 1.165) is 0 Å². The topological polar surface area (TPSA) is 85.4 Å². The molecule has 4 N–H and O–H groups in total. The number of phenolic OH excluding ortho intramolecular Hbond substituents is 1. The Kier molecular flexibility index (Phi) is 5.41. The van der Waals surface area contributed by atoms with Crippen LogP contribution < -0.4 is 10.9 Å². The number of hydrogen-bond donors (Lipinski definition) is 4. The number of pyridine rings is 1. The van der Waals surface area contributed by atoms with Gasteiger partial charge in [0.25, 0.3) is 5.56 Å². The van der Waals surface area contributed by atoms with Crippen LogP contribution in [0.5, 0.6) is 5.75 Å². The molecule has 170 valence electrons. The largest absolute Gasteiger partial charge is 0.507 e. The van der Waals surface area contributed by atoms with Crippen molar-refractivity contribution in [2.45, 2.75) is 50.4 Å². The first-order valence-electron chi connectivity index (χ1n) is 10.2. The van der Waals surface area contributed by atoms with Gasteiger partial charge in [-0.15, -0.1) is 0 Å². The molecule has 0 aliphatic heterocycles. The summed E-state index contributed by atoms with van der Waals surface area (Å²) < 4.78 is 42.9. The second-order valence-corrected chi connectivity index (χ2v) is 8.62. The molecule has 0 bridgehead atoms. The maximum Gasteiger partial charge on any atom is 0.419 e. The summed E-state index contributed by atoms with van der Waals surface area (Å²) in [5, 5.41) is 25.5. The summed E-state index contributed by atoms with van der Waals surface area (Å²) in [7, 11) is 0. The van der Waals surface area contributed by atoms with Crippen LogP contribution in [0.1, 0.15) is 48.4 Å². The summed E-state index contributed by atoms with van der Waals surface area (Å²) in [5.74, 6) is -0.884. The number of nitrogens with one attached hydrogen (secondary N) is 2. The van der Waals surface area contributed by atoms with Crippen LogP contribution in [0, 0.1) is 6.92 Å². The first-order chi connectivity index (χ1) is 15.0. The predicted molar refractivity (Wildman–Crippen MR) is 117 cm³/mol. The van der Waals surface area contributed by atoms with E-state index in [1.54, 1.807) is 38.1 Å². The molecule has 9 heteroatoms. The smallest absolute Gasteiger partial charge is 0.419 e. The van der Waals surface area contributed by atoms with Crippen LogP contribution in [0.4, 0.5) is 18.9 Å². The molecule has 32 heavy (non-hydrogen) atoms. The molecule has 0 fully saturated rings. The van der Waals surface area contributed by atoms with Gasteiger partial charge in [-0.3, -0.25) is 4.79 Å². The molecule has 2 unspecified atom stereocenters. The molecule has 1 heterocycles. The number of aromatic hydroxyl groups is 1. The van der Waals surface area contributed by atoms with Gasteiger partial charge in [0.05, 0.1) is 6.04 Å². The Morgan fingerprint density at radius 2 is 2.00 bits per heavy atom. The van der Waals surface area contributed by atoms with Crippen LogP contribution >= 0.6 is 11.6 Å². The van der Waals surface area contributed by atoms with E-state index in [2.05, 4.69) is 10.3 Å². The Morgan fingerprint density at radius 3 is 2.66 bits per heavy atom. The van der Waals surface area contributed by atoms with Crippen molar-refractivity contribution < 1.29 is 23.4 Å². The van der Waals surface area contributed by atoms with Crippen molar-refractivity contribution in [1.82, 2.24) is 4.98 Å². The van der Waals surface area contributed by atoms with Gasteiger partial charge in [-0.2, -0.15) is 13.2 Å². The fourth-order valence-electron chi connectivity index (χ4n) is 4.62. The van der Waals surface area contributed by atoms with Crippen molar-refractivity contribution in [3.63, 3.8) is 0 Å². The summed E-state index contributed by atoms with van der Waals surface area (Å²) in [6.45, 7) is 3.30. The van der Waals surface area contributed by atoms with Gasteiger partial charge in [0.15, 0.2) is 5.60 Å². The van der Waals surface area contributed by atoms with Crippen LogP contribution in [-0.2, 0) is 0 Å². The monoisotopic (exact) mass is 466 g/mol. The molecule has 5 nitrogen and oxygen atoms in total. The van der Waals surface area contributed by atoms with E-state index in [-0.39, 0.29) is 34.0 Å². The summed E-state index contributed by atoms with van der Waals surface area (Å²) in [4.78, 5) is 14.7. The highest BCUT2D eigenvalue weighted by Crippen LogP contribution is 2.56. The standard InChI is InChI=1S/C23H22ClF3N2O3/c1-3-12-10-22(32,23(25,26)27)20(15-9-16(24)11(2)19(30)18(12)15)29-17-6-4-5-14-13(17)7-8-28-21(14)31/h4-9,12,20,29-30,32H,3,10H2,1-2H3,(H,28,31)/t12?,20?,22-/m1/s1. The number of aliphatic hydroxyl groups is 1. The molecule has 2 aromatic carbocycles. The van der Waals surface area contributed by atoms with Gasteiger partial charge < -0.3 is 20.5 Å². The molecule has 1 aliphatic carbocycles. The highest BCUT2D eigenvalue weighted by Gasteiger charge is 2.62. The van der Waals surface area contributed by atoms with Gasteiger partial charge in [0.1, 0.15) is 5.75 Å². The lowest BCUT2D eigenvalue weighted by atomic mass is 9.68. The third-order valence-corrected chi connectivity index (χ3v) is 6.81. The van der Waals surface area contributed by atoms with Crippen molar-refractivity contribution >= 4 is 28.1 Å². The zero-order chi connectivity index (χ0) is 23.4. The van der Waals surface area contributed by atoms with E-state index < -0.39 is 30.2 Å². The lowest BCUT2D eigenvalue weighted by Crippen LogP contribution is -2.55. The molecule has 0 saturated heterocycles. The Morgan fingerprint density at radius 1 is 1.28 bits per heavy atom. The Bertz CT molecular complexity index is 1260. The van der Waals surface area contributed by atoms with E-state index in [1.165, 1.54) is 12.3 Å². The molecule has 3 aromatic rings. The summed E-state index contributed by atoms with van der Waals surface area (Å²) in [6.07, 6.45) is -3.90. The minimum atomic E-state index is -4.97. The van der Waals surface area contributed by atoms with Crippen LogP contribution in [0.15, 0.2) is 41.3 Å². The number of halogens is 4. The molecule has 0 saturated carbocycles. The quantitative estimate of drug-likeness (QED) is 0.408. The van der Waals surface area contributed by atoms with E-state index in [0.29, 0.717) is 21.9 Å². The van der Waals surface area contributed by atoms with Crippen LogP contribution in [0.3, 0.4) is 0 Å². The molecule has 1 aromatic heterocycles. The number of H-pyrrole nitrogens is 1. The highest BCUT2D eigenvalue weighted by atomic mass is 35.5. The molecule has 0 amide bonds. The van der Waals surface area contributed by atoms with Crippen molar-refractivity contribution in [3.8, 4) is 5.75 Å². The molecule has 1 aliphatic rings. The second-order valence-electron chi connectivity index (χ2n) is 8.22.